The molecule has 16 heavy (non-hydrogen) atoms. The zero-order chi connectivity index (χ0) is 12.1. The molecule has 0 aliphatic carbocycles. The first-order chi connectivity index (χ1) is 7.60. The number of hydrogen-bond acceptors (Lipinski definition) is 4. The van der Waals surface area contributed by atoms with E-state index in [4.69, 9.17) is 5.26 Å². The molecule has 0 aliphatic rings. The maximum Gasteiger partial charge on any atom is 0.307 e. The van der Waals surface area contributed by atoms with Gasteiger partial charge in [-0.3, -0.25) is 9.59 Å². The molecule has 5 nitrogen and oxygen atoms in total. The van der Waals surface area contributed by atoms with E-state index in [1.807, 2.05) is 6.07 Å². The van der Waals surface area contributed by atoms with E-state index in [9.17, 15) is 9.59 Å². The number of hydrogen-bond donors (Lipinski definition) is 0. The summed E-state index contributed by atoms with van der Waals surface area (Å²) in [5.74, 6) is -0.381. The largest absolute Gasteiger partial charge is 0.469 e. The normalized spacial score (nSPS) is 9.56. The van der Waals surface area contributed by atoms with Crippen LogP contribution in [0.2, 0.25) is 0 Å². The van der Waals surface area contributed by atoms with Crippen molar-refractivity contribution in [3.8, 4) is 6.07 Å². The molecule has 0 radical (unpaired) electrons. The second kappa shape index (κ2) is 5.12. The quantitative estimate of drug-likeness (QED) is 0.699. The Hall–Kier alpha value is -2.09. The fourth-order valence-electron chi connectivity index (χ4n) is 1.34. The van der Waals surface area contributed by atoms with Gasteiger partial charge in [-0.15, -0.1) is 0 Å². The number of rotatable bonds is 3. The second-order valence-electron chi connectivity index (χ2n) is 3.28. The first-order valence-corrected chi connectivity index (χ1v) is 4.77. The minimum Gasteiger partial charge on any atom is -0.469 e. The Morgan fingerprint density at radius 1 is 1.56 bits per heavy atom. The molecule has 0 saturated heterocycles. The van der Waals surface area contributed by atoms with Gasteiger partial charge in [0, 0.05) is 12.2 Å². The van der Waals surface area contributed by atoms with E-state index in [2.05, 4.69) is 4.74 Å². The Kier molecular flexibility index (Phi) is 3.84. The van der Waals surface area contributed by atoms with Crippen LogP contribution in [0.1, 0.15) is 17.7 Å². The predicted molar refractivity (Wildman–Crippen MR) is 56.8 cm³/mol. The number of nitrogens with zero attached hydrogens (tertiary/aromatic N) is 2. The van der Waals surface area contributed by atoms with Gasteiger partial charge in [-0.1, -0.05) is 0 Å². The third kappa shape index (κ3) is 2.48. The average Bonchev–Trinajstić information content (AvgIpc) is 2.28. The van der Waals surface area contributed by atoms with Gasteiger partial charge in [0.05, 0.1) is 13.5 Å². The molecule has 0 saturated carbocycles. The van der Waals surface area contributed by atoms with Gasteiger partial charge in [-0.25, -0.2) is 0 Å². The summed E-state index contributed by atoms with van der Waals surface area (Å²) >= 11 is 0. The van der Waals surface area contributed by atoms with Crippen LogP contribution in [0.5, 0.6) is 0 Å². The highest BCUT2D eigenvalue weighted by Crippen LogP contribution is 1.99. The lowest BCUT2D eigenvalue weighted by Gasteiger charge is -2.08. The maximum absolute atomic E-state index is 11.7. The average molecular weight is 220 g/mol. The minimum absolute atomic E-state index is 0.0791. The van der Waals surface area contributed by atoms with Crippen molar-refractivity contribution in [1.82, 2.24) is 4.57 Å². The molecule has 0 fully saturated rings. The Labute approximate surface area is 92.9 Å². The van der Waals surface area contributed by atoms with Gasteiger partial charge in [0.25, 0.3) is 5.56 Å². The molecule has 0 aromatic carbocycles. The Balaban J connectivity index is 3.00. The van der Waals surface area contributed by atoms with Crippen molar-refractivity contribution in [2.45, 2.75) is 19.9 Å². The molecule has 1 aromatic rings. The SMILES string of the molecule is COC(=O)CCn1c(C)ccc(C#N)c1=O. The van der Waals surface area contributed by atoms with Crippen molar-refractivity contribution in [3.63, 3.8) is 0 Å². The van der Waals surface area contributed by atoms with E-state index in [1.165, 1.54) is 17.7 Å². The van der Waals surface area contributed by atoms with Crippen LogP contribution in [-0.2, 0) is 16.1 Å². The molecule has 1 rings (SSSR count). The lowest BCUT2D eigenvalue weighted by Crippen LogP contribution is -2.25. The number of aromatic nitrogens is 1. The summed E-state index contributed by atoms with van der Waals surface area (Å²) in [6, 6.07) is 4.97. The minimum atomic E-state index is -0.381. The number of pyridine rings is 1. The lowest BCUT2D eigenvalue weighted by atomic mass is 10.2. The highest BCUT2D eigenvalue weighted by atomic mass is 16.5. The molecular formula is C11H12N2O3. The van der Waals surface area contributed by atoms with E-state index in [1.54, 1.807) is 13.0 Å². The summed E-state index contributed by atoms with van der Waals surface area (Å²) in [5.41, 5.74) is 0.426. The predicted octanol–water partition coefficient (Wildman–Crippen LogP) is 0.591. The molecule has 0 unspecified atom stereocenters. The molecule has 0 atom stereocenters. The molecule has 84 valence electrons. The lowest BCUT2D eigenvalue weighted by molar-refractivity contribution is -0.140. The highest BCUT2D eigenvalue weighted by Gasteiger charge is 2.07. The van der Waals surface area contributed by atoms with Crippen molar-refractivity contribution in [2.75, 3.05) is 7.11 Å². The van der Waals surface area contributed by atoms with E-state index in [0.29, 0.717) is 5.69 Å². The summed E-state index contributed by atoms with van der Waals surface area (Å²) in [4.78, 5) is 22.7. The van der Waals surface area contributed by atoms with Crippen molar-refractivity contribution in [1.29, 1.82) is 5.26 Å². The summed E-state index contributed by atoms with van der Waals surface area (Å²) in [5, 5.41) is 8.70. The molecule has 0 aliphatic heterocycles. The number of carbonyl (C=O) groups is 1. The number of methoxy groups -OCH3 is 1. The summed E-state index contributed by atoms with van der Waals surface area (Å²) < 4.78 is 5.89. The molecule has 5 heteroatoms. The summed E-state index contributed by atoms with van der Waals surface area (Å²) in [6.07, 6.45) is 0.117. The standard InChI is InChI=1S/C11H12N2O3/c1-8-3-4-9(7-12)11(15)13(8)6-5-10(14)16-2/h3-4H,5-6H2,1-2H3. The van der Waals surface area contributed by atoms with Gasteiger partial charge in [0.15, 0.2) is 0 Å². The molecule has 0 amide bonds. The van der Waals surface area contributed by atoms with Crippen LogP contribution in [0.3, 0.4) is 0 Å². The van der Waals surface area contributed by atoms with Crippen molar-refractivity contribution >= 4 is 5.97 Å². The topological polar surface area (TPSA) is 72.1 Å². The Morgan fingerprint density at radius 2 is 2.25 bits per heavy atom. The van der Waals surface area contributed by atoms with Crippen LogP contribution < -0.4 is 5.56 Å². The number of nitriles is 1. The first kappa shape index (κ1) is 12.0. The van der Waals surface area contributed by atoms with Crippen LogP contribution in [0, 0.1) is 18.3 Å². The van der Waals surface area contributed by atoms with Crippen molar-refractivity contribution in [3.05, 3.63) is 33.7 Å². The fourth-order valence-corrected chi connectivity index (χ4v) is 1.34. The van der Waals surface area contributed by atoms with Gasteiger partial charge < -0.3 is 9.30 Å². The third-order valence-electron chi connectivity index (χ3n) is 2.28. The van der Waals surface area contributed by atoms with E-state index in [-0.39, 0.29) is 30.1 Å². The highest BCUT2D eigenvalue weighted by molar-refractivity contribution is 5.69. The molecule has 0 spiro atoms. The van der Waals surface area contributed by atoms with Crippen LogP contribution in [0.25, 0.3) is 0 Å². The zero-order valence-corrected chi connectivity index (χ0v) is 9.19. The van der Waals surface area contributed by atoms with Crippen LogP contribution in [-0.4, -0.2) is 17.6 Å². The monoisotopic (exact) mass is 220 g/mol. The maximum atomic E-state index is 11.7. The molecule has 1 heterocycles. The zero-order valence-electron chi connectivity index (χ0n) is 9.19. The summed E-state index contributed by atoms with van der Waals surface area (Å²) in [6.45, 7) is 1.98. The van der Waals surface area contributed by atoms with Gasteiger partial charge in [0.2, 0.25) is 0 Å². The van der Waals surface area contributed by atoms with E-state index >= 15 is 0 Å². The number of carbonyl (C=O) groups excluding carboxylic acids is 1. The van der Waals surface area contributed by atoms with Gasteiger partial charge >= 0.3 is 5.97 Å². The molecular weight excluding hydrogens is 208 g/mol. The third-order valence-corrected chi connectivity index (χ3v) is 2.28. The van der Waals surface area contributed by atoms with Gasteiger partial charge in [0.1, 0.15) is 11.6 Å². The smallest absolute Gasteiger partial charge is 0.307 e. The van der Waals surface area contributed by atoms with E-state index < -0.39 is 0 Å². The number of aryl methyl sites for hydroxylation is 1. The van der Waals surface area contributed by atoms with Gasteiger partial charge in [-0.2, -0.15) is 5.26 Å². The molecule has 0 N–H and O–H groups in total. The summed E-state index contributed by atoms with van der Waals surface area (Å²) in [7, 11) is 1.30. The second-order valence-corrected chi connectivity index (χ2v) is 3.28. The Bertz CT molecular complexity index is 497. The fraction of sp³-hybridized carbons (Fsp3) is 0.364. The molecule has 0 bridgehead atoms. The first-order valence-electron chi connectivity index (χ1n) is 4.77. The van der Waals surface area contributed by atoms with Crippen LogP contribution in [0.15, 0.2) is 16.9 Å². The number of ether oxygens (including phenoxy) is 1. The van der Waals surface area contributed by atoms with E-state index in [0.717, 1.165) is 0 Å². The van der Waals surface area contributed by atoms with Crippen LogP contribution in [0.4, 0.5) is 0 Å². The van der Waals surface area contributed by atoms with Crippen LogP contribution >= 0.6 is 0 Å². The molecule has 1 aromatic heterocycles. The Morgan fingerprint density at radius 3 is 2.81 bits per heavy atom. The van der Waals surface area contributed by atoms with Gasteiger partial charge in [-0.05, 0) is 19.1 Å². The number of esters is 1. The van der Waals surface area contributed by atoms with Crippen molar-refractivity contribution < 1.29 is 9.53 Å². The van der Waals surface area contributed by atoms with Crippen molar-refractivity contribution in [2.24, 2.45) is 0 Å².